The number of hydrogen-bond donors (Lipinski definition) is 0. The Kier molecular flexibility index (Phi) is 5.16. The number of ether oxygens (including phenoxy) is 2. The molecule has 0 aromatic carbocycles. The molecule has 120 valence electrons. The molecule has 0 N–H and O–H groups in total. The first-order chi connectivity index (χ1) is 10.6. The Labute approximate surface area is 127 Å². The van der Waals surface area contributed by atoms with Crippen LogP contribution in [-0.2, 0) is 19.1 Å². The molecule has 1 atom stereocenters. The summed E-state index contributed by atoms with van der Waals surface area (Å²) in [6.45, 7) is 0.540. The smallest absolute Gasteiger partial charge is 0.330 e. The summed E-state index contributed by atoms with van der Waals surface area (Å²) in [4.78, 5) is 39.1. The van der Waals surface area contributed by atoms with Crippen LogP contribution >= 0.6 is 0 Å². The average Bonchev–Trinajstić information content (AvgIpc) is 3.07. The second kappa shape index (κ2) is 7.08. The predicted molar refractivity (Wildman–Crippen MR) is 74.0 cm³/mol. The highest BCUT2D eigenvalue weighted by molar-refractivity contribution is 5.95. The summed E-state index contributed by atoms with van der Waals surface area (Å²) in [7, 11) is 2.67. The minimum Gasteiger partial charge on any atom is -0.467 e. The molecule has 1 unspecified atom stereocenters. The van der Waals surface area contributed by atoms with E-state index in [-0.39, 0.29) is 31.4 Å². The monoisotopic (exact) mass is 310 g/mol. The lowest BCUT2D eigenvalue weighted by atomic mass is 10.1. The maximum absolute atomic E-state index is 12.4. The van der Waals surface area contributed by atoms with Crippen molar-refractivity contribution in [1.29, 1.82) is 0 Å². The maximum atomic E-state index is 12.4. The van der Waals surface area contributed by atoms with Crippen molar-refractivity contribution in [3.63, 3.8) is 0 Å². The molecular weight excluding hydrogens is 292 g/mol. The zero-order chi connectivity index (χ0) is 16.1. The van der Waals surface area contributed by atoms with Crippen LogP contribution < -0.4 is 0 Å². The van der Waals surface area contributed by atoms with Gasteiger partial charge in [-0.3, -0.25) is 9.59 Å². The molecule has 1 aliphatic heterocycles. The average molecular weight is 310 g/mol. The first-order valence-corrected chi connectivity index (χ1v) is 6.77. The number of hydrogen-bond acceptors (Lipinski definition) is 6. The van der Waals surface area contributed by atoms with Crippen molar-refractivity contribution in [2.45, 2.75) is 6.04 Å². The molecule has 1 aromatic rings. The van der Waals surface area contributed by atoms with Gasteiger partial charge in [-0.15, -0.1) is 0 Å². The van der Waals surface area contributed by atoms with Gasteiger partial charge in [0.05, 0.1) is 19.9 Å². The molecular formula is C14H18N2O6. The molecule has 0 radical (unpaired) electrons. The highest BCUT2D eigenvalue weighted by atomic mass is 16.5. The second-order valence-electron chi connectivity index (χ2n) is 4.79. The normalized spacial score (nSPS) is 18.2. The molecule has 1 aliphatic rings. The van der Waals surface area contributed by atoms with Gasteiger partial charge in [0.15, 0.2) is 5.76 Å². The number of carbonyl (C=O) groups is 3. The minimum atomic E-state index is -0.864. The van der Waals surface area contributed by atoms with Crippen LogP contribution in [0.1, 0.15) is 10.6 Å². The van der Waals surface area contributed by atoms with E-state index in [2.05, 4.69) is 0 Å². The number of carbonyl (C=O) groups excluding carboxylic acids is 3. The van der Waals surface area contributed by atoms with Crippen LogP contribution in [0.15, 0.2) is 22.8 Å². The van der Waals surface area contributed by atoms with Crippen LogP contribution in [0.4, 0.5) is 0 Å². The Bertz CT molecular complexity index is 542. The quantitative estimate of drug-likeness (QED) is 0.713. The van der Waals surface area contributed by atoms with E-state index in [1.807, 2.05) is 0 Å². The number of nitrogens with zero attached hydrogens (tertiary/aromatic N) is 2. The van der Waals surface area contributed by atoms with Gasteiger partial charge < -0.3 is 23.7 Å². The van der Waals surface area contributed by atoms with Gasteiger partial charge in [-0.25, -0.2) is 4.79 Å². The first-order valence-electron chi connectivity index (χ1n) is 6.77. The summed E-state index contributed by atoms with van der Waals surface area (Å²) < 4.78 is 14.6. The molecule has 0 spiro atoms. The number of methoxy groups -OCH3 is 2. The molecule has 8 nitrogen and oxygen atoms in total. The summed E-state index contributed by atoms with van der Waals surface area (Å²) in [5.41, 5.74) is 0. The van der Waals surface area contributed by atoms with E-state index >= 15 is 0 Å². The van der Waals surface area contributed by atoms with Crippen LogP contribution in [0.5, 0.6) is 0 Å². The third kappa shape index (κ3) is 3.28. The summed E-state index contributed by atoms with van der Waals surface area (Å²) in [5, 5.41) is 0. The second-order valence-corrected chi connectivity index (χ2v) is 4.79. The molecule has 2 heterocycles. The molecule has 0 bridgehead atoms. The minimum absolute atomic E-state index is 0.0694. The fourth-order valence-electron chi connectivity index (χ4n) is 2.35. The van der Waals surface area contributed by atoms with Crippen molar-refractivity contribution in [2.75, 3.05) is 40.5 Å². The molecule has 8 heteroatoms. The number of piperazine rings is 1. The Balaban J connectivity index is 2.15. The van der Waals surface area contributed by atoms with Gasteiger partial charge in [-0.05, 0) is 12.1 Å². The lowest BCUT2D eigenvalue weighted by Gasteiger charge is -2.39. The summed E-state index contributed by atoms with van der Waals surface area (Å²) in [6.07, 6.45) is 1.39. The molecule has 1 fully saturated rings. The fraction of sp³-hybridized carbons (Fsp3) is 0.500. The molecule has 1 saturated heterocycles. The van der Waals surface area contributed by atoms with Crippen molar-refractivity contribution >= 4 is 17.8 Å². The lowest BCUT2D eigenvalue weighted by Crippen LogP contribution is -2.60. The topological polar surface area (TPSA) is 89.3 Å². The van der Waals surface area contributed by atoms with E-state index in [4.69, 9.17) is 13.9 Å². The van der Waals surface area contributed by atoms with Crippen molar-refractivity contribution < 1.29 is 28.3 Å². The standard InChI is InChI=1S/C14H18N2O6/c1-20-9-12(17)15-5-6-16(10(8-15)14(19)21-2)13(18)11-4-3-7-22-11/h3-4,7,10H,5-6,8-9H2,1-2H3. The van der Waals surface area contributed by atoms with Crippen molar-refractivity contribution in [1.82, 2.24) is 9.80 Å². The Hall–Kier alpha value is -2.35. The number of furan rings is 1. The van der Waals surface area contributed by atoms with Crippen LogP contribution in [0.2, 0.25) is 0 Å². The summed E-state index contributed by atoms with van der Waals surface area (Å²) in [5.74, 6) is -1.07. The van der Waals surface area contributed by atoms with Gasteiger partial charge in [0.25, 0.3) is 5.91 Å². The van der Waals surface area contributed by atoms with Crippen molar-refractivity contribution in [2.24, 2.45) is 0 Å². The molecule has 2 amide bonds. The maximum Gasteiger partial charge on any atom is 0.330 e. The predicted octanol–water partition coefficient (Wildman–Crippen LogP) is -0.248. The number of amides is 2. The van der Waals surface area contributed by atoms with Crippen molar-refractivity contribution in [3.8, 4) is 0 Å². The van der Waals surface area contributed by atoms with Gasteiger partial charge in [-0.2, -0.15) is 0 Å². The molecule has 1 aromatic heterocycles. The largest absolute Gasteiger partial charge is 0.467 e. The molecule has 0 saturated carbocycles. The van der Waals surface area contributed by atoms with Crippen molar-refractivity contribution in [3.05, 3.63) is 24.2 Å². The van der Waals surface area contributed by atoms with Crippen LogP contribution in [0, 0.1) is 0 Å². The Morgan fingerprint density at radius 1 is 1.32 bits per heavy atom. The lowest BCUT2D eigenvalue weighted by molar-refractivity contribution is -0.151. The molecule has 0 aliphatic carbocycles. The SMILES string of the molecule is COCC(=O)N1CCN(C(=O)c2ccco2)C(C(=O)OC)C1. The number of rotatable bonds is 4. The zero-order valence-electron chi connectivity index (χ0n) is 12.5. The van der Waals surface area contributed by atoms with Crippen LogP contribution in [0.25, 0.3) is 0 Å². The summed E-state index contributed by atoms with van der Waals surface area (Å²) in [6, 6.07) is 2.26. The molecule has 2 rings (SSSR count). The van der Waals surface area contributed by atoms with Crippen LogP contribution in [0.3, 0.4) is 0 Å². The van der Waals surface area contributed by atoms with E-state index in [0.717, 1.165) is 0 Å². The van der Waals surface area contributed by atoms with Gasteiger partial charge in [0, 0.05) is 20.2 Å². The third-order valence-corrected chi connectivity index (χ3v) is 3.47. The van der Waals surface area contributed by atoms with E-state index in [0.29, 0.717) is 6.54 Å². The zero-order valence-corrected chi connectivity index (χ0v) is 12.5. The van der Waals surface area contributed by atoms with Gasteiger partial charge >= 0.3 is 5.97 Å². The number of esters is 1. The highest BCUT2D eigenvalue weighted by Crippen LogP contribution is 2.16. The van der Waals surface area contributed by atoms with Gasteiger partial charge in [0.2, 0.25) is 5.91 Å². The van der Waals surface area contributed by atoms with Gasteiger partial charge in [-0.1, -0.05) is 0 Å². The van der Waals surface area contributed by atoms with E-state index in [1.54, 1.807) is 6.07 Å². The van der Waals surface area contributed by atoms with E-state index in [1.165, 1.54) is 36.3 Å². The fourth-order valence-corrected chi connectivity index (χ4v) is 2.35. The first kappa shape index (κ1) is 16.0. The third-order valence-electron chi connectivity index (χ3n) is 3.47. The van der Waals surface area contributed by atoms with Crippen LogP contribution in [-0.4, -0.2) is 74.1 Å². The Morgan fingerprint density at radius 2 is 2.09 bits per heavy atom. The summed E-state index contributed by atoms with van der Waals surface area (Å²) >= 11 is 0. The Morgan fingerprint density at radius 3 is 2.68 bits per heavy atom. The molecule has 22 heavy (non-hydrogen) atoms. The van der Waals surface area contributed by atoms with E-state index < -0.39 is 17.9 Å². The van der Waals surface area contributed by atoms with E-state index in [9.17, 15) is 14.4 Å². The highest BCUT2D eigenvalue weighted by Gasteiger charge is 2.38. The van der Waals surface area contributed by atoms with Gasteiger partial charge in [0.1, 0.15) is 12.6 Å².